The Kier molecular flexibility index (Phi) is 9.18. The highest BCUT2D eigenvalue weighted by Crippen LogP contribution is 2.59. The SMILES string of the molecule is COC(=O)N[C@H](C(=O)N1CC2(CC2)C[C@H]1c1ncc(-c2ccc(C#Cc3ccc4nc([C@@H]5CC6(CC6)CN5C(=O)[C@H](C)c5ccccc5)[nH]c4c3)cc2)[nH]1)C(C)C. The maximum absolute atomic E-state index is 13.9. The number of likely N-dealkylation sites (tertiary alicyclic amines) is 2. The van der Waals surface area contributed by atoms with E-state index in [1.165, 1.54) is 7.11 Å². The molecule has 4 aliphatic rings. The molecule has 0 radical (unpaired) electrons. The first-order valence-electron chi connectivity index (χ1n) is 20.2. The molecule has 4 fully saturated rings. The van der Waals surface area contributed by atoms with Crippen LogP contribution in [0.15, 0.2) is 79.0 Å². The molecule has 292 valence electrons. The van der Waals surface area contributed by atoms with Crippen molar-refractivity contribution in [2.24, 2.45) is 16.7 Å². The van der Waals surface area contributed by atoms with Gasteiger partial charge in [-0.25, -0.2) is 14.8 Å². The lowest BCUT2D eigenvalue weighted by atomic mass is 9.99. The molecule has 0 unspecified atom stereocenters. The molecular formula is C46H49N7O4. The normalized spacial score (nSPS) is 21.1. The van der Waals surface area contributed by atoms with Crippen molar-refractivity contribution in [3.63, 3.8) is 0 Å². The van der Waals surface area contributed by atoms with Gasteiger partial charge in [0.1, 0.15) is 17.7 Å². The molecule has 0 bridgehead atoms. The quantitative estimate of drug-likeness (QED) is 0.139. The zero-order valence-corrected chi connectivity index (χ0v) is 33.0. The average Bonchev–Trinajstić information content (AvgIpc) is 3.84. The molecule has 2 aliphatic heterocycles. The number of amides is 3. The van der Waals surface area contributed by atoms with Crippen molar-refractivity contribution < 1.29 is 19.1 Å². The van der Waals surface area contributed by atoms with Gasteiger partial charge in [0.2, 0.25) is 11.8 Å². The van der Waals surface area contributed by atoms with E-state index in [4.69, 9.17) is 14.7 Å². The second kappa shape index (κ2) is 14.2. The second-order valence-electron chi connectivity index (χ2n) is 17.2. The van der Waals surface area contributed by atoms with E-state index in [9.17, 15) is 14.4 Å². The van der Waals surface area contributed by atoms with Gasteiger partial charge in [-0.05, 0) is 104 Å². The van der Waals surface area contributed by atoms with Gasteiger partial charge in [-0.3, -0.25) is 9.59 Å². The van der Waals surface area contributed by atoms with Gasteiger partial charge >= 0.3 is 6.09 Å². The van der Waals surface area contributed by atoms with Crippen LogP contribution in [0.1, 0.15) is 106 Å². The van der Waals surface area contributed by atoms with E-state index >= 15 is 0 Å². The first-order valence-corrected chi connectivity index (χ1v) is 20.2. The van der Waals surface area contributed by atoms with E-state index < -0.39 is 12.1 Å². The summed E-state index contributed by atoms with van der Waals surface area (Å²) in [5, 5.41) is 2.74. The fraction of sp³-hybridized carbons (Fsp3) is 0.413. The Morgan fingerprint density at radius 3 is 2.09 bits per heavy atom. The first-order chi connectivity index (χ1) is 27.5. The number of ether oxygens (including phenoxy) is 1. The molecule has 3 aromatic carbocycles. The van der Waals surface area contributed by atoms with Crippen LogP contribution >= 0.6 is 0 Å². The Morgan fingerprint density at radius 2 is 1.44 bits per heavy atom. The third-order valence-electron chi connectivity index (χ3n) is 12.8. The highest BCUT2D eigenvalue weighted by Gasteiger charge is 2.56. The van der Waals surface area contributed by atoms with Crippen molar-refractivity contribution in [2.75, 3.05) is 20.2 Å². The molecule has 2 aromatic heterocycles. The number of carbonyl (C=O) groups is 3. The van der Waals surface area contributed by atoms with E-state index in [-0.39, 0.29) is 46.6 Å². The fourth-order valence-electron chi connectivity index (χ4n) is 8.95. The van der Waals surface area contributed by atoms with Gasteiger partial charge in [0, 0.05) is 24.2 Å². The lowest BCUT2D eigenvalue weighted by Crippen LogP contribution is -2.51. The minimum Gasteiger partial charge on any atom is -0.453 e. The zero-order chi connectivity index (χ0) is 39.5. The van der Waals surface area contributed by atoms with Crippen LogP contribution < -0.4 is 5.32 Å². The molecule has 11 nitrogen and oxygen atoms in total. The van der Waals surface area contributed by atoms with Crippen LogP contribution in [0.3, 0.4) is 0 Å². The molecule has 9 rings (SSSR count). The Hall–Kier alpha value is -5.89. The summed E-state index contributed by atoms with van der Waals surface area (Å²) in [6, 6.07) is 23.2. The van der Waals surface area contributed by atoms with Gasteiger partial charge < -0.3 is 29.8 Å². The number of nitrogens with zero attached hydrogens (tertiary/aromatic N) is 4. The largest absolute Gasteiger partial charge is 0.453 e. The van der Waals surface area contributed by atoms with Crippen molar-refractivity contribution in [3.05, 3.63) is 107 Å². The molecule has 5 aromatic rings. The molecule has 2 saturated heterocycles. The molecule has 4 heterocycles. The zero-order valence-electron chi connectivity index (χ0n) is 33.0. The first kappa shape index (κ1) is 36.7. The summed E-state index contributed by atoms with van der Waals surface area (Å²) in [4.78, 5) is 60.5. The summed E-state index contributed by atoms with van der Waals surface area (Å²) in [7, 11) is 1.31. The van der Waals surface area contributed by atoms with Crippen molar-refractivity contribution in [1.82, 2.24) is 35.1 Å². The molecule has 2 saturated carbocycles. The number of H-pyrrole nitrogens is 2. The Morgan fingerprint density at radius 1 is 0.807 bits per heavy atom. The fourth-order valence-corrected chi connectivity index (χ4v) is 8.95. The Bertz CT molecular complexity index is 2400. The van der Waals surface area contributed by atoms with Crippen LogP contribution in [-0.4, -0.2) is 73.9 Å². The topological polar surface area (TPSA) is 136 Å². The van der Waals surface area contributed by atoms with Crippen LogP contribution in [-0.2, 0) is 14.3 Å². The number of alkyl carbamates (subject to hydrolysis) is 1. The van der Waals surface area contributed by atoms with E-state index in [1.54, 1.807) is 0 Å². The van der Waals surface area contributed by atoms with Gasteiger partial charge in [0.25, 0.3) is 0 Å². The molecule has 11 heteroatoms. The number of fused-ring (bicyclic) bond motifs is 1. The van der Waals surface area contributed by atoms with Gasteiger partial charge in [-0.1, -0.05) is 68.2 Å². The van der Waals surface area contributed by atoms with Gasteiger partial charge in [0.05, 0.1) is 48.0 Å². The number of nitrogens with one attached hydrogen (secondary N) is 3. The second-order valence-corrected chi connectivity index (χ2v) is 17.2. The number of imidazole rings is 2. The van der Waals surface area contributed by atoms with Crippen LogP contribution in [0.25, 0.3) is 22.3 Å². The van der Waals surface area contributed by atoms with Crippen LogP contribution in [0.5, 0.6) is 0 Å². The van der Waals surface area contributed by atoms with Crippen molar-refractivity contribution in [2.45, 2.75) is 83.3 Å². The number of rotatable bonds is 8. The van der Waals surface area contributed by atoms with E-state index in [0.717, 1.165) is 95.7 Å². The maximum Gasteiger partial charge on any atom is 0.407 e. The summed E-state index contributed by atoms with van der Waals surface area (Å²) in [6.45, 7) is 7.31. The molecule has 3 N–H and O–H groups in total. The van der Waals surface area contributed by atoms with E-state index in [0.29, 0.717) is 6.54 Å². The monoisotopic (exact) mass is 763 g/mol. The van der Waals surface area contributed by atoms with Crippen molar-refractivity contribution in [1.29, 1.82) is 0 Å². The van der Waals surface area contributed by atoms with Crippen molar-refractivity contribution in [3.8, 4) is 23.1 Å². The summed E-state index contributed by atoms with van der Waals surface area (Å²) < 4.78 is 4.81. The summed E-state index contributed by atoms with van der Waals surface area (Å²) >= 11 is 0. The molecule has 2 spiro atoms. The number of methoxy groups -OCH3 is 1. The van der Waals surface area contributed by atoms with E-state index in [2.05, 4.69) is 32.0 Å². The molecule has 4 atom stereocenters. The lowest BCUT2D eigenvalue weighted by molar-refractivity contribution is -0.136. The van der Waals surface area contributed by atoms with Crippen LogP contribution in [0.2, 0.25) is 0 Å². The average molecular weight is 764 g/mol. The summed E-state index contributed by atoms with van der Waals surface area (Å²) in [6.07, 6.45) is 7.52. The number of hydrogen-bond donors (Lipinski definition) is 3. The minimum absolute atomic E-state index is 0.0699. The standard InChI is InChI=1S/C46H49N7O4/c1-28(2)39(51-44(56)57-4)43(55)53-27-45(18-19-45)23-37(53)40-47-25-36(50-40)33-15-12-30(13-16-33)10-11-31-14-17-34-35(22-31)49-41(48-34)38-24-46(20-21-46)26-52(38)42(54)29(3)32-8-6-5-7-9-32/h5-9,12-17,22,25,28-29,37-39H,18-21,23-24,26-27H2,1-4H3,(H,47,50)(H,48,49)(H,51,56)/t29-,37+,38+,39+/m1/s1. The minimum atomic E-state index is -0.681. The smallest absolute Gasteiger partial charge is 0.407 e. The van der Waals surface area contributed by atoms with Gasteiger partial charge in [0.15, 0.2) is 0 Å². The predicted molar refractivity (Wildman–Crippen MR) is 217 cm³/mol. The highest BCUT2D eigenvalue weighted by atomic mass is 16.5. The summed E-state index contributed by atoms with van der Waals surface area (Å²) in [5.41, 5.74) is 6.77. The highest BCUT2D eigenvalue weighted by molar-refractivity contribution is 5.87. The number of aromatic nitrogens is 4. The maximum atomic E-state index is 13.9. The molecule has 57 heavy (non-hydrogen) atoms. The third kappa shape index (κ3) is 7.18. The number of aromatic amines is 2. The molecular weight excluding hydrogens is 715 g/mol. The van der Waals surface area contributed by atoms with Gasteiger partial charge in [-0.2, -0.15) is 0 Å². The van der Waals surface area contributed by atoms with Crippen LogP contribution in [0.4, 0.5) is 4.79 Å². The molecule has 2 aliphatic carbocycles. The number of hydrogen-bond acceptors (Lipinski definition) is 6. The van der Waals surface area contributed by atoms with Gasteiger partial charge in [-0.15, -0.1) is 0 Å². The summed E-state index contributed by atoms with van der Waals surface area (Å²) in [5.74, 6) is 7.98. The number of benzene rings is 3. The number of carbonyl (C=O) groups excluding carboxylic acids is 3. The van der Waals surface area contributed by atoms with Crippen LogP contribution in [0, 0.1) is 28.6 Å². The third-order valence-corrected chi connectivity index (χ3v) is 12.8. The van der Waals surface area contributed by atoms with E-state index in [1.807, 2.05) is 105 Å². The lowest BCUT2D eigenvalue weighted by Gasteiger charge is -2.30. The predicted octanol–water partition coefficient (Wildman–Crippen LogP) is 7.64. The Labute approximate surface area is 333 Å². The molecule has 3 amide bonds. The van der Waals surface area contributed by atoms with Crippen molar-refractivity contribution >= 4 is 28.9 Å². The Balaban J connectivity index is 0.888.